The third-order valence-corrected chi connectivity index (χ3v) is 7.56. The molecule has 35 heavy (non-hydrogen) atoms. The molecule has 0 saturated carbocycles. The summed E-state index contributed by atoms with van der Waals surface area (Å²) in [5.74, 6) is 1.91. The predicted octanol–water partition coefficient (Wildman–Crippen LogP) is 2.95. The second-order valence-electron chi connectivity index (χ2n) is 8.04. The Kier molecular flexibility index (Phi) is 7.63. The smallest absolute Gasteiger partial charge is 0.271 e. The van der Waals surface area contributed by atoms with E-state index in [9.17, 15) is 9.35 Å². The maximum atomic E-state index is 13.4. The number of halogens is 1. The lowest BCUT2D eigenvalue weighted by Gasteiger charge is -2.23. The molecule has 0 aliphatic carbocycles. The molecular formula is C22H26ClN7O4S. The Morgan fingerprint density at radius 3 is 2.43 bits per heavy atom. The lowest BCUT2D eigenvalue weighted by Crippen LogP contribution is -2.31. The van der Waals surface area contributed by atoms with Crippen molar-refractivity contribution >= 4 is 34.8 Å². The molecule has 1 saturated heterocycles. The quantitative estimate of drug-likeness (QED) is 0.408. The van der Waals surface area contributed by atoms with Gasteiger partial charge in [0.15, 0.2) is 5.82 Å². The summed E-state index contributed by atoms with van der Waals surface area (Å²) in [6.07, 6.45) is 3.95. The number of ether oxygens (including phenoxy) is 2. The van der Waals surface area contributed by atoms with Gasteiger partial charge in [-0.3, -0.25) is 9.36 Å². The average Bonchev–Trinajstić information content (AvgIpc) is 3.48. The number of benzene rings is 1. The van der Waals surface area contributed by atoms with Crippen LogP contribution in [0.25, 0.3) is 5.69 Å². The molecular weight excluding hydrogens is 494 g/mol. The van der Waals surface area contributed by atoms with Crippen LogP contribution >= 0.6 is 11.6 Å². The van der Waals surface area contributed by atoms with Crippen molar-refractivity contribution in [2.75, 3.05) is 18.9 Å². The highest BCUT2D eigenvalue weighted by molar-refractivity contribution is 7.93. The second-order valence-corrected chi connectivity index (χ2v) is 10.0. The Bertz CT molecular complexity index is 1170. The molecule has 1 aromatic carbocycles. The van der Waals surface area contributed by atoms with Gasteiger partial charge in [-0.05, 0) is 25.5 Å². The van der Waals surface area contributed by atoms with Gasteiger partial charge in [-0.25, -0.2) is 9.97 Å². The van der Waals surface area contributed by atoms with Gasteiger partial charge in [-0.2, -0.15) is 4.72 Å². The fourth-order valence-corrected chi connectivity index (χ4v) is 4.89. The van der Waals surface area contributed by atoms with E-state index in [1.807, 2.05) is 13.8 Å². The van der Waals surface area contributed by atoms with Gasteiger partial charge in [0.1, 0.15) is 28.3 Å². The summed E-state index contributed by atoms with van der Waals surface area (Å²) in [7, 11) is 3.08. The van der Waals surface area contributed by atoms with E-state index >= 15 is 0 Å². The van der Waals surface area contributed by atoms with Crippen LogP contribution in [0.4, 0.5) is 5.95 Å². The molecule has 0 bridgehead atoms. The van der Waals surface area contributed by atoms with Crippen LogP contribution in [0.5, 0.6) is 11.5 Å². The van der Waals surface area contributed by atoms with Crippen LogP contribution < -0.4 is 19.5 Å². The first-order chi connectivity index (χ1) is 16.8. The lowest BCUT2D eigenvalue weighted by molar-refractivity contribution is -0.119. The zero-order chi connectivity index (χ0) is 25.1. The van der Waals surface area contributed by atoms with Crippen LogP contribution in [0.1, 0.15) is 50.3 Å². The molecule has 186 valence electrons. The van der Waals surface area contributed by atoms with Crippen molar-refractivity contribution in [3.8, 4) is 17.2 Å². The van der Waals surface area contributed by atoms with Crippen LogP contribution in [0, 0.1) is 0 Å². The molecule has 0 radical (unpaired) electrons. The van der Waals surface area contributed by atoms with E-state index in [1.165, 1.54) is 12.4 Å². The first-order valence-corrected chi connectivity index (χ1v) is 12.5. The van der Waals surface area contributed by atoms with Gasteiger partial charge in [0.2, 0.25) is 5.91 Å². The maximum absolute atomic E-state index is 13.4. The molecule has 3 aromatic rings. The monoisotopic (exact) mass is 519 g/mol. The number of aromatic nitrogens is 5. The molecule has 1 aliphatic rings. The normalized spacial score (nSPS) is 18.0. The highest BCUT2D eigenvalue weighted by atomic mass is 35.5. The van der Waals surface area contributed by atoms with Gasteiger partial charge in [0.05, 0.1) is 42.6 Å². The number of hydrogen-bond donors (Lipinski definition) is 2. The number of para-hydroxylation sites is 1. The van der Waals surface area contributed by atoms with Crippen LogP contribution in [-0.2, 0) is 16.2 Å². The van der Waals surface area contributed by atoms with Crippen LogP contribution in [-0.4, -0.2) is 54.7 Å². The Hall–Kier alpha value is -3.09. The van der Waals surface area contributed by atoms with Crippen molar-refractivity contribution in [3.05, 3.63) is 47.3 Å². The van der Waals surface area contributed by atoms with E-state index in [-0.39, 0.29) is 23.8 Å². The summed E-state index contributed by atoms with van der Waals surface area (Å²) in [4.78, 5) is 20.4. The highest BCUT2D eigenvalue weighted by Crippen LogP contribution is 2.38. The van der Waals surface area contributed by atoms with Gasteiger partial charge in [-0.15, -0.1) is 10.2 Å². The summed E-state index contributed by atoms with van der Waals surface area (Å²) in [6, 6.07) is 4.98. The highest BCUT2D eigenvalue weighted by Gasteiger charge is 2.34. The minimum absolute atomic E-state index is 0.0694. The number of carbonyl (C=O) groups is 1. The molecule has 3 heterocycles. The molecule has 4 atom stereocenters. The van der Waals surface area contributed by atoms with Crippen LogP contribution in [0.15, 0.2) is 30.6 Å². The molecule has 4 rings (SSSR count). The Morgan fingerprint density at radius 2 is 1.86 bits per heavy atom. The van der Waals surface area contributed by atoms with Crippen molar-refractivity contribution in [3.63, 3.8) is 0 Å². The molecule has 3 unspecified atom stereocenters. The Morgan fingerprint density at radius 1 is 1.20 bits per heavy atom. The third-order valence-electron chi connectivity index (χ3n) is 5.90. The zero-order valence-electron chi connectivity index (χ0n) is 19.7. The van der Waals surface area contributed by atoms with E-state index in [1.54, 1.807) is 37.0 Å². The van der Waals surface area contributed by atoms with Crippen molar-refractivity contribution < 1.29 is 18.8 Å². The Balaban J connectivity index is 1.71. The fraction of sp³-hybridized carbons (Fsp3) is 0.409. The minimum atomic E-state index is -1.60. The average molecular weight is 520 g/mol. The van der Waals surface area contributed by atoms with Crippen molar-refractivity contribution in [2.45, 2.75) is 43.9 Å². The zero-order valence-corrected chi connectivity index (χ0v) is 21.3. The topological polar surface area (TPSA) is 139 Å². The molecule has 1 aliphatic heterocycles. The Labute approximate surface area is 210 Å². The first-order valence-electron chi connectivity index (χ1n) is 10.9. The van der Waals surface area contributed by atoms with E-state index in [0.29, 0.717) is 46.7 Å². The third kappa shape index (κ3) is 5.14. The number of methoxy groups -OCH3 is 2. The number of nitrogens with zero attached hydrogens (tertiary/aromatic N) is 5. The first kappa shape index (κ1) is 25.0. The summed E-state index contributed by atoms with van der Waals surface area (Å²) >= 11 is 4.29. The van der Waals surface area contributed by atoms with E-state index in [2.05, 4.69) is 30.2 Å². The number of carbonyl (C=O) groups excluding carboxylic acids is 1. The summed E-state index contributed by atoms with van der Waals surface area (Å²) in [5, 5.41) is 11.6. The van der Waals surface area contributed by atoms with Gasteiger partial charge in [0.25, 0.3) is 5.95 Å². The SMILES string of the molecule is COc1cccc(OC)c1-n1c(N[S+]([O-])C(C)[C@H](C)c2ncc(Cl)cn2)nnc1C1CCC(=O)N1. The molecule has 11 nitrogen and oxygen atoms in total. The van der Waals surface area contributed by atoms with Crippen molar-refractivity contribution in [2.24, 2.45) is 0 Å². The number of nitrogens with one attached hydrogen (secondary N) is 2. The lowest BCUT2D eigenvalue weighted by atomic mass is 10.1. The number of rotatable bonds is 9. The molecule has 13 heteroatoms. The fourth-order valence-electron chi connectivity index (χ4n) is 3.80. The van der Waals surface area contributed by atoms with E-state index < -0.39 is 16.6 Å². The van der Waals surface area contributed by atoms with Gasteiger partial charge in [0, 0.05) is 18.8 Å². The van der Waals surface area contributed by atoms with E-state index in [0.717, 1.165) is 0 Å². The van der Waals surface area contributed by atoms with Crippen molar-refractivity contribution in [1.82, 2.24) is 30.0 Å². The number of hydrogen-bond acceptors (Lipinski definition) is 9. The molecule has 2 N–H and O–H groups in total. The molecule has 2 aromatic heterocycles. The molecule has 1 amide bonds. The minimum Gasteiger partial charge on any atom is -0.593 e. The van der Waals surface area contributed by atoms with Crippen LogP contribution in [0.3, 0.4) is 0 Å². The van der Waals surface area contributed by atoms with Crippen molar-refractivity contribution in [1.29, 1.82) is 0 Å². The summed E-state index contributed by atoms with van der Waals surface area (Å²) in [6.45, 7) is 3.72. The second kappa shape index (κ2) is 10.7. The molecule has 1 fully saturated rings. The number of amides is 1. The van der Waals surface area contributed by atoms with Gasteiger partial charge >= 0.3 is 0 Å². The standard InChI is InChI=1S/C22H26ClN7O4S/c1-12(20-24-10-14(23)11-25-20)13(2)35(32)29-22-28-27-21(15-8-9-18(31)26-15)30(22)19-16(33-3)6-5-7-17(19)34-4/h5-7,10-13,15H,8-9H2,1-4H3,(H,26,31)(H,28,29)/t12-,13?,15?,35?/m0/s1. The van der Waals surface area contributed by atoms with Crippen LogP contribution in [0.2, 0.25) is 5.02 Å². The molecule has 0 spiro atoms. The summed E-state index contributed by atoms with van der Waals surface area (Å²) < 4.78 is 29.2. The van der Waals surface area contributed by atoms with Gasteiger partial charge < -0.3 is 19.3 Å². The largest absolute Gasteiger partial charge is 0.593 e. The summed E-state index contributed by atoms with van der Waals surface area (Å²) in [5.41, 5.74) is 0.528. The predicted molar refractivity (Wildman–Crippen MR) is 131 cm³/mol. The number of anilines is 1. The van der Waals surface area contributed by atoms with E-state index in [4.69, 9.17) is 21.1 Å². The maximum Gasteiger partial charge on any atom is 0.271 e. The van der Waals surface area contributed by atoms with Gasteiger partial charge in [-0.1, -0.05) is 24.6 Å².